The summed E-state index contributed by atoms with van der Waals surface area (Å²) in [5, 5.41) is 9.30. The maximum atomic E-state index is 9.30. The van der Waals surface area contributed by atoms with Crippen molar-refractivity contribution >= 4 is 16.7 Å². The number of hydrogen-bond acceptors (Lipinski definition) is 8. The average molecular weight is 436 g/mol. The van der Waals surface area contributed by atoms with Crippen LogP contribution in [0.25, 0.3) is 11.0 Å². The van der Waals surface area contributed by atoms with Crippen LogP contribution in [0.2, 0.25) is 0 Å². The molecule has 3 aromatic rings. The van der Waals surface area contributed by atoms with Gasteiger partial charge in [-0.1, -0.05) is 0 Å². The van der Waals surface area contributed by atoms with Crippen molar-refractivity contribution in [3.8, 4) is 5.75 Å². The summed E-state index contributed by atoms with van der Waals surface area (Å²) in [6.45, 7) is 3.18. The molecule has 5 rings (SSSR count). The van der Waals surface area contributed by atoms with Crippen molar-refractivity contribution in [2.45, 2.75) is 44.8 Å². The summed E-state index contributed by atoms with van der Waals surface area (Å²) in [6.07, 6.45) is 10.3. The number of nitrogens with zero attached hydrogens (tertiary/aromatic N) is 5. The molecule has 3 heterocycles. The van der Waals surface area contributed by atoms with E-state index in [1.807, 2.05) is 0 Å². The first kappa shape index (κ1) is 21.0. The molecular formula is C24H29N5O3. The Morgan fingerprint density at radius 3 is 2.62 bits per heavy atom. The fraction of sp³-hybridized carbons (Fsp3) is 0.500. The second-order valence-corrected chi connectivity index (χ2v) is 8.55. The smallest absolute Gasteiger partial charge is 0.149 e. The minimum Gasteiger partial charge on any atom is -0.488 e. The van der Waals surface area contributed by atoms with Crippen LogP contribution in [0.1, 0.15) is 37.2 Å². The topological polar surface area (TPSA) is 93.5 Å². The van der Waals surface area contributed by atoms with Crippen LogP contribution < -0.4 is 9.64 Å². The van der Waals surface area contributed by atoms with Crippen molar-refractivity contribution in [1.82, 2.24) is 19.9 Å². The van der Waals surface area contributed by atoms with Crippen LogP contribution in [0.5, 0.6) is 5.75 Å². The highest BCUT2D eigenvalue weighted by Crippen LogP contribution is 2.34. The van der Waals surface area contributed by atoms with Crippen molar-refractivity contribution in [2.75, 3.05) is 31.2 Å². The monoisotopic (exact) mass is 435 g/mol. The van der Waals surface area contributed by atoms with Gasteiger partial charge in [0.1, 0.15) is 17.1 Å². The van der Waals surface area contributed by atoms with E-state index >= 15 is 0 Å². The number of rotatable bonds is 6. The number of aliphatic hydroxyl groups is 1. The number of morpholine rings is 1. The quantitative estimate of drug-likeness (QED) is 0.632. The van der Waals surface area contributed by atoms with E-state index in [0.717, 1.165) is 86.7 Å². The summed E-state index contributed by atoms with van der Waals surface area (Å²) in [7, 11) is 0. The summed E-state index contributed by atoms with van der Waals surface area (Å²) in [6, 6.07) is 5.97. The molecule has 168 valence electrons. The van der Waals surface area contributed by atoms with E-state index in [9.17, 15) is 5.11 Å². The first-order valence-electron chi connectivity index (χ1n) is 11.4. The van der Waals surface area contributed by atoms with E-state index in [1.54, 1.807) is 24.7 Å². The number of fused-ring (bicyclic) bond motifs is 1. The zero-order valence-corrected chi connectivity index (χ0v) is 18.2. The molecule has 0 amide bonds. The Hall–Kier alpha value is -2.84. The zero-order valence-electron chi connectivity index (χ0n) is 18.2. The minimum absolute atomic E-state index is 0.0452. The first-order valence-corrected chi connectivity index (χ1v) is 11.4. The molecular weight excluding hydrogens is 406 g/mol. The van der Waals surface area contributed by atoms with Crippen LogP contribution in [0, 0.1) is 5.92 Å². The molecule has 1 saturated carbocycles. The van der Waals surface area contributed by atoms with Gasteiger partial charge in [-0.15, -0.1) is 0 Å². The highest BCUT2D eigenvalue weighted by Gasteiger charge is 2.25. The molecule has 2 aromatic heterocycles. The predicted molar refractivity (Wildman–Crippen MR) is 121 cm³/mol. The van der Waals surface area contributed by atoms with Crippen LogP contribution >= 0.6 is 0 Å². The van der Waals surface area contributed by atoms with Gasteiger partial charge in [-0.05, 0) is 43.7 Å². The lowest BCUT2D eigenvalue weighted by Crippen LogP contribution is -2.36. The molecule has 2 fully saturated rings. The molecule has 2 aliphatic rings. The normalized spacial score (nSPS) is 21.6. The van der Waals surface area contributed by atoms with Gasteiger partial charge in [-0.3, -0.25) is 4.98 Å². The molecule has 1 saturated heterocycles. The molecule has 0 radical (unpaired) electrons. The van der Waals surface area contributed by atoms with Crippen LogP contribution in [0.15, 0.2) is 36.8 Å². The molecule has 32 heavy (non-hydrogen) atoms. The van der Waals surface area contributed by atoms with Crippen molar-refractivity contribution in [2.24, 2.45) is 5.92 Å². The van der Waals surface area contributed by atoms with E-state index in [2.05, 4.69) is 37.0 Å². The summed E-state index contributed by atoms with van der Waals surface area (Å²) >= 11 is 0. The summed E-state index contributed by atoms with van der Waals surface area (Å²) in [5.41, 5.74) is 3.48. The summed E-state index contributed by atoms with van der Waals surface area (Å²) in [4.78, 5) is 20.2. The third kappa shape index (κ3) is 4.81. The predicted octanol–water partition coefficient (Wildman–Crippen LogP) is 2.93. The lowest BCUT2D eigenvalue weighted by Gasteiger charge is -2.31. The molecule has 0 bridgehead atoms. The van der Waals surface area contributed by atoms with Gasteiger partial charge in [0.15, 0.2) is 0 Å². The minimum atomic E-state index is -0.0452. The third-order valence-electron chi connectivity index (χ3n) is 6.38. The molecule has 0 atom stereocenters. The summed E-state index contributed by atoms with van der Waals surface area (Å²) < 4.78 is 12.0. The maximum absolute atomic E-state index is 9.30. The van der Waals surface area contributed by atoms with E-state index in [0.29, 0.717) is 11.6 Å². The SMILES string of the molecule is OCc1ccnc(CC2CCC(Oc3cc(N4CCOCC4)cc4nccnc34)CC2)n1. The Morgan fingerprint density at radius 1 is 1.00 bits per heavy atom. The van der Waals surface area contributed by atoms with Gasteiger partial charge >= 0.3 is 0 Å². The number of ether oxygens (including phenoxy) is 2. The molecule has 0 unspecified atom stereocenters. The van der Waals surface area contributed by atoms with Crippen LogP contribution in [-0.4, -0.2) is 57.4 Å². The first-order chi connectivity index (χ1) is 15.8. The van der Waals surface area contributed by atoms with Crippen molar-refractivity contribution in [1.29, 1.82) is 0 Å². The Bertz CT molecular complexity index is 1050. The van der Waals surface area contributed by atoms with E-state index in [1.165, 1.54) is 0 Å². The molecule has 8 nitrogen and oxygen atoms in total. The molecule has 8 heteroatoms. The number of aromatic nitrogens is 4. The maximum Gasteiger partial charge on any atom is 0.149 e. The van der Waals surface area contributed by atoms with E-state index in [-0.39, 0.29) is 12.7 Å². The molecule has 1 aliphatic heterocycles. The molecule has 1 aliphatic carbocycles. The Labute approximate surface area is 187 Å². The van der Waals surface area contributed by atoms with Gasteiger partial charge in [0.25, 0.3) is 0 Å². The van der Waals surface area contributed by atoms with Crippen LogP contribution in [0.3, 0.4) is 0 Å². The van der Waals surface area contributed by atoms with Gasteiger partial charge in [0.2, 0.25) is 0 Å². The Kier molecular flexibility index (Phi) is 6.41. The second kappa shape index (κ2) is 9.75. The Morgan fingerprint density at radius 2 is 1.81 bits per heavy atom. The fourth-order valence-corrected chi connectivity index (χ4v) is 4.64. The van der Waals surface area contributed by atoms with Gasteiger partial charge in [0, 0.05) is 49.9 Å². The number of anilines is 1. The third-order valence-corrected chi connectivity index (χ3v) is 6.38. The van der Waals surface area contributed by atoms with Gasteiger partial charge in [-0.2, -0.15) is 0 Å². The van der Waals surface area contributed by atoms with Crippen LogP contribution in [-0.2, 0) is 17.8 Å². The zero-order chi connectivity index (χ0) is 21.8. The number of benzene rings is 1. The average Bonchev–Trinajstić information content (AvgIpc) is 2.86. The van der Waals surface area contributed by atoms with E-state index < -0.39 is 0 Å². The highest BCUT2D eigenvalue weighted by molar-refractivity contribution is 5.85. The van der Waals surface area contributed by atoms with Gasteiger partial charge < -0.3 is 19.5 Å². The van der Waals surface area contributed by atoms with Gasteiger partial charge in [0.05, 0.1) is 37.1 Å². The van der Waals surface area contributed by atoms with Crippen molar-refractivity contribution in [3.63, 3.8) is 0 Å². The molecule has 0 spiro atoms. The molecule has 1 aromatic carbocycles. The lowest BCUT2D eigenvalue weighted by molar-refractivity contribution is 0.122. The van der Waals surface area contributed by atoms with Crippen molar-refractivity contribution < 1.29 is 14.6 Å². The highest BCUT2D eigenvalue weighted by atomic mass is 16.5. The second-order valence-electron chi connectivity index (χ2n) is 8.55. The standard InChI is InChI=1S/C24H29N5O3/c30-16-18-5-6-26-23(28-18)13-17-1-3-20(4-2-17)32-22-15-19(29-9-11-31-12-10-29)14-21-24(22)27-8-7-25-21/h5-8,14-15,17,20,30H,1-4,9-13,16H2. The lowest BCUT2D eigenvalue weighted by atomic mass is 9.85. The largest absolute Gasteiger partial charge is 0.488 e. The fourth-order valence-electron chi connectivity index (χ4n) is 4.64. The number of hydrogen-bond donors (Lipinski definition) is 1. The van der Waals surface area contributed by atoms with Crippen molar-refractivity contribution in [3.05, 3.63) is 48.3 Å². The van der Waals surface area contributed by atoms with E-state index in [4.69, 9.17) is 9.47 Å². The van der Waals surface area contributed by atoms with Crippen LogP contribution in [0.4, 0.5) is 5.69 Å². The number of aliphatic hydroxyl groups excluding tert-OH is 1. The van der Waals surface area contributed by atoms with Gasteiger partial charge in [-0.25, -0.2) is 15.0 Å². The summed E-state index contributed by atoms with van der Waals surface area (Å²) in [5.74, 6) is 2.18. The Balaban J connectivity index is 1.26. The molecule has 1 N–H and O–H groups in total.